The summed E-state index contributed by atoms with van der Waals surface area (Å²) in [6.07, 6.45) is 13.8. The lowest BCUT2D eigenvalue weighted by Crippen LogP contribution is -2.08. The molecule has 2 aromatic heterocycles. The van der Waals surface area contributed by atoms with E-state index in [9.17, 15) is 0 Å². The van der Waals surface area contributed by atoms with Gasteiger partial charge in [0, 0.05) is 11.4 Å². The van der Waals surface area contributed by atoms with Crippen LogP contribution in [0.5, 0.6) is 0 Å². The smallest absolute Gasteiger partial charge is 0.0655 e. The Morgan fingerprint density at radius 1 is 0.567 bits per heavy atom. The fourth-order valence-corrected chi connectivity index (χ4v) is 5.04. The van der Waals surface area contributed by atoms with Crippen LogP contribution in [0.3, 0.4) is 0 Å². The Kier molecular flexibility index (Phi) is 4.29. The zero-order chi connectivity index (χ0) is 19.9. The van der Waals surface area contributed by atoms with Crippen molar-refractivity contribution in [2.45, 2.75) is 51.4 Å². The van der Waals surface area contributed by atoms with Crippen LogP contribution in [0.25, 0.3) is 22.5 Å². The molecule has 0 N–H and O–H groups in total. The summed E-state index contributed by atoms with van der Waals surface area (Å²) in [4.78, 5) is 0. The van der Waals surface area contributed by atoms with Crippen LogP contribution in [0.2, 0.25) is 0 Å². The second kappa shape index (κ2) is 7.28. The number of aromatic nitrogens is 4. The van der Waals surface area contributed by atoms with Gasteiger partial charge >= 0.3 is 0 Å². The lowest BCUT2D eigenvalue weighted by molar-refractivity contribution is 0.653. The molecule has 2 aliphatic rings. The van der Waals surface area contributed by atoms with Gasteiger partial charge in [-0.1, -0.05) is 24.3 Å². The maximum absolute atomic E-state index is 4.70. The highest BCUT2D eigenvalue weighted by atomic mass is 15.3. The maximum Gasteiger partial charge on any atom is 0.0655 e. The molecule has 30 heavy (non-hydrogen) atoms. The maximum atomic E-state index is 4.70. The summed E-state index contributed by atoms with van der Waals surface area (Å²) in [7, 11) is 0. The standard InChI is InChI=1S/C26H26N4/c1-3-10-25-21(6-1)17-27-29(25)23-14-12-19(13-15-23)20-8-5-9-24(16-20)30-26-11-4-2-7-22(26)18-28-30/h5,8-9,12-18H,1-4,6-7,10-11H2. The summed E-state index contributed by atoms with van der Waals surface area (Å²) in [6, 6.07) is 17.6. The van der Waals surface area contributed by atoms with E-state index in [0.29, 0.717) is 0 Å². The van der Waals surface area contributed by atoms with Crippen LogP contribution in [0.15, 0.2) is 60.9 Å². The van der Waals surface area contributed by atoms with E-state index in [2.05, 4.69) is 75.4 Å². The minimum Gasteiger partial charge on any atom is -0.238 e. The Hall–Kier alpha value is -3.14. The van der Waals surface area contributed by atoms with Crippen LogP contribution < -0.4 is 0 Å². The molecule has 150 valence electrons. The van der Waals surface area contributed by atoms with E-state index in [1.807, 2.05) is 0 Å². The normalized spacial score (nSPS) is 15.6. The van der Waals surface area contributed by atoms with Crippen LogP contribution >= 0.6 is 0 Å². The second-order valence-electron chi connectivity index (χ2n) is 8.57. The summed E-state index contributed by atoms with van der Waals surface area (Å²) in [5.41, 5.74) is 10.4. The summed E-state index contributed by atoms with van der Waals surface area (Å²) >= 11 is 0. The molecule has 0 saturated carbocycles. The first-order chi connectivity index (χ1) is 14.9. The Balaban J connectivity index is 1.32. The average molecular weight is 395 g/mol. The quantitative estimate of drug-likeness (QED) is 0.461. The van der Waals surface area contributed by atoms with Crippen molar-refractivity contribution in [1.82, 2.24) is 19.6 Å². The molecule has 0 bridgehead atoms. The molecule has 2 heterocycles. The van der Waals surface area contributed by atoms with Gasteiger partial charge in [-0.25, -0.2) is 9.36 Å². The Labute approximate surface area is 177 Å². The Bertz CT molecular complexity index is 1200. The number of hydrogen-bond acceptors (Lipinski definition) is 2. The van der Waals surface area contributed by atoms with Gasteiger partial charge in [0.2, 0.25) is 0 Å². The predicted octanol–water partition coefficient (Wildman–Crippen LogP) is 5.48. The molecular formula is C26H26N4. The van der Waals surface area contributed by atoms with Crippen LogP contribution in [-0.4, -0.2) is 19.6 Å². The van der Waals surface area contributed by atoms with E-state index in [1.54, 1.807) is 0 Å². The van der Waals surface area contributed by atoms with Crippen LogP contribution in [-0.2, 0) is 25.7 Å². The molecule has 0 radical (unpaired) electrons. The van der Waals surface area contributed by atoms with Gasteiger partial charge in [0.15, 0.2) is 0 Å². The fourth-order valence-electron chi connectivity index (χ4n) is 5.04. The molecule has 2 aromatic carbocycles. The predicted molar refractivity (Wildman–Crippen MR) is 119 cm³/mol. The van der Waals surface area contributed by atoms with Crippen molar-refractivity contribution in [3.05, 3.63) is 83.4 Å². The molecule has 6 rings (SSSR count). The van der Waals surface area contributed by atoms with Crippen LogP contribution in [0.4, 0.5) is 0 Å². The van der Waals surface area contributed by atoms with Gasteiger partial charge in [0.1, 0.15) is 0 Å². The number of nitrogens with zero attached hydrogens (tertiary/aromatic N) is 4. The van der Waals surface area contributed by atoms with Crippen molar-refractivity contribution in [2.24, 2.45) is 0 Å². The summed E-state index contributed by atoms with van der Waals surface area (Å²) in [5, 5.41) is 9.36. The van der Waals surface area contributed by atoms with Gasteiger partial charge in [-0.05, 0) is 97.9 Å². The third-order valence-electron chi connectivity index (χ3n) is 6.67. The highest BCUT2D eigenvalue weighted by molar-refractivity contribution is 5.67. The number of aryl methyl sites for hydroxylation is 2. The summed E-state index contributed by atoms with van der Waals surface area (Å²) in [6.45, 7) is 0. The van der Waals surface area contributed by atoms with Crippen molar-refractivity contribution in [3.63, 3.8) is 0 Å². The first-order valence-corrected chi connectivity index (χ1v) is 11.2. The van der Waals surface area contributed by atoms with Gasteiger partial charge in [-0.3, -0.25) is 0 Å². The minimum atomic E-state index is 1.13. The SMILES string of the molecule is c1cc(-c2ccc(-n3ncc4c3CCCC4)cc2)cc(-n2ncc3c2CCCC3)c1. The summed E-state index contributed by atoms with van der Waals surface area (Å²) in [5.74, 6) is 0. The average Bonchev–Trinajstić information content (AvgIpc) is 3.44. The van der Waals surface area contributed by atoms with Gasteiger partial charge in [0.25, 0.3) is 0 Å². The molecule has 0 aliphatic heterocycles. The number of hydrogen-bond donors (Lipinski definition) is 0. The molecule has 4 aromatic rings. The number of rotatable bonds is 3. The van der Waals surface area contributed by atoms with Crippen molar-refractivity contribution >= 4 is 0 Å². The van der Waals surface area contributed by atoms with Crippen LogP contribution in [0.1, 0.15) is 48.2 Å². The second-order valence-corrected chi connectivity index (χ2v) is 8.57. The lowest BCUT2D eigenvalue weighted by Gasteiger charge is -2.15. The number of fused-ring (bicyclic) bond motifs is 2. The van der Waals surface area contributed by atoms with Crippen molar-refractivity contribution in [1.29, 1.82) is 0 Å². The lowest BCUT2D eigenvalue weighted by atomic mass is 9.98. The largest absolute Gasteiger partial charge is 0.238 e. The van der Waals surface area contributed by atoms with E-state index in [4.69, 9.17) is 5.10 Å². The fraction of sp³-hybridized carbons (Fsp3) is 0.308. The molecule has 0 unspecified atom stereocenters. The van der Waals surface area contributed by atoms with Gasteiger partial charge < -0.3 is 0 Å². The monoisotopic (exact) mass is 394 g/mol. The Morgan fingerprint density at radius 3 is 1.83 bits per heavy atom. The third kappa shape index (κ3) is 2.98. The zero-order valence-corrected chi connectivity index (χ0v) is 17.2. The summed E-state index contributed by atoms with van der Waals surface area (Å²) < 4.78 is 4.27. The van der Waals surface area contributed by atoms with E-state index >= 15 is 0 Å². The number of benzene rings is 2. The molecule has 0 saturated heterocycles. The third-order valence-corrected chi connectivity index (χ3v) is 6.67. The molecule has 4 nitrogen and oxygen atoms in total. The molecule has 4 heteroatoms. The first kappa shape index (κ1) is 17.7. The Morgan fingerprint density at radius 2 is 1.17 bits per heavy atom. The van der Waals surface area contributed by atoms with Crippen molar-refractivity contribution < 1.29 is 0 Å². The highest BCUT2D eigenvalue weighted by Gasteiger charge is 2.17. The minimum absolute atomic E-state index is 1.13. The van der Waals surface area contributed by atoms with Gasteiger partial charge in [-0.15, -0.1) is 0 Å². The van der Waals surface area contributed by atoms with Crippen LogP contribution in [0, 0.1) is 0 Å². The molecule has 2 aliphatic carbocycles. The van der Waals surface area contributed by atoms with Gasteiger partial charge in [-0.2, -0.15) is 10.2 Å². The molecule has 0 fully saturated rings. The molecule has 0 atom stereocenters. The molecule has 0 amide bonds. The van der Waals surface area contributed by atoms with E-state index < -0.39 is 0 Å². The van der Waals surface area contributed by atoms with E-state index in [-0.39, 0.29) is 0 Å². The van der Waals surface area contributed by atoms with Crippen molar-refractivity contribution in [2.75, 3.05) is 0 Å². The molecule has 0 spiro atoms. The van der Waals surface area contributed by atoms with Gasteiger partial charge in [0.05, 0.1) is 23.8 Å². The molecular weight excluding hydrogens is 368 g/mol. The van der Waals surface area contributed by atoms with E-state index in [1.165, 1.54) is 59.3 Å². The topological polar surface area (TPSA) is 35.6 Å². The first-order valence-electron chi connectivity index (χ1n) is 11.2. The highest BCUT2D eigenvalue weighted by Crippen LogP contribution is 2.28. The zero-order valence-electron chi connectivity index (χ0n) is 17.2. The van der Waals surface area contributed by atoms with Crippen molar-refractivity contribution in [3.8, 4) is 22.5 Å². The van der Waals surface area contributed by atoms with E-state index in [0.717, 1.165) is 37.1 Å².